The molecule has 2 rings (SSSR count). The van der Waals surface area contributed by atoms with Crippen LogP contribution in [-0.4, -0.2) is 59.6 Å². The van der Waals surface area contributed by atoms with Gasteiger partial charge in [-0.2, -0.15) is 0 Å². The first-order chi connectivity index (χ1) is 11.0. The van der Waals surface area contributed by atoms with E-state index in [1.54, 1.807) is 7.11 Å². The number of aromatic nitrogens is 2. The molecule has 3 unspecified atom stereocenters. The van der Waals surface area contributed by atoms with Crippen molar-refractivity contribution in [3.8, 4) is 0 Å². The van der Waals surface area contributed by atoms with Crippen LogP contribution in [0.15, 0.2) is 4.34 Å². The van der Waals surface area contributed by atoms with E-state index in [0.717, 1.165) is 22.6 Å². The minimum absolute atomic E-state index is 0.132. The van der Waals surface area contributed by atoms with Crippen LogP contribution in [-0.2, 0) is 9.53 Å². The largest absolute Gasteiger partial charge is 0.383 e. The summed E-state index contributed by atoms with van der Waals surface area (Å²) in [4.78, 5) is 14.6. The molecule has 3 atom stereocenters. The van der Waals surface area contributed by atoms with Crippen molar-refractivity contribution < 1.29 is 9.53 Å². The van der Waals surface area contributed by atoms with Gasteiger partial charge in [0.05, 0.1) is 11.9 Å². The zero-order valence-electron chi connectivity index (χ0n) is 14.2. The van der Waals surface area contributed by atoms with E-state index in [1.165, 1.54) is 29.5 Å². The fourth-order valence-corrected chi connectivity index (χ4v) is 4.90. The fourth-order valence-electron chi connectivity index (χ4n) is 2.89. The van der Waals surface area contributed by atoms with E-state index in [-0.39, 0.29) is 11.2 Å². The summed E-state index contributed by atoms with van der Waals surface area (Å²) in [6.45, 7) is 9.46. The van der Waals surface area contributed by atoms with E-state index in [1.807, 2.05) is 11.8 Å². The molecule has 1 aliphatic heterocycles. The number of anilines is 1. The van der Waals surface area contributed by atoms with Gasteiger partial charge in [-0.3, -0.25) is 4.79 Å². The van der Waals surface area contributed by atoms with Crippen molar-refractivity contribution in [1.82, 2.24) is 15.1 Å². The third kappa shape index (κ3) is 5.61. The summed E-state index contributed by atoms with van der Waals surface area (Å²) in [7, 11) is 1.67. The lowest BCUT2D eigenvalue weighted by Gasteiger charge is -2.36. The Bertz CT molecular complexity index is 501. The minimum Gasteiger partial charge on any atom is -0.383 e. The fraction of sp³-hybridized carbons (Fsp3) is 0.800. The van der Waals surface area contributed by atoms with Gasteiger partial charge in [-0.05, 0) is 25.2 Å². The number of likely N-dealkylation sites (tertiary alicyclic amines) is 1. The van der Waals surface area contributed by atoms with Crippen LogP contribution in [0.5, 0.6) is 0 Å². The van der Waals surface area contributed by atoms with Gasteiger partial charge in [0.15, 0.2) is 4.34 Å². The first kappa shape index (κ1) is 18.5. The quantitative estimate of drug-likeness (QED) is 0.597. The van der Waals surface area contributed by atoms with Gasteiger partial charge < -0.3 is 15.0 Å². The predicted octanol–water partition coefficient (Wildman–Crippen LogP) is 2.58. The highest BCUT2D eigenvalue weighted by Crippen LogP contribution is 2.31. The molecule has 1 aromatic heterocycles. The van der Waals surface area contributed by atoms with Crippen molar-refractivity contribution in [2.75, 3.05) is 38.7 Å². The Morgan fingerprint density at radius 1 is 1.43 bits per heavy atom. The molecule has 0 aliphatic carbocycles. The number of methoxy groups -OCH3 is 1. The molecule has 1 fully saturated rings. The highest BCUT2D eigenvalue weighted by Gasteiger charge is 2.29. The maximum Gasteiger partial charge on any atom is 0.235 e. The Hall–Kier alpha value is -0.860. The first-order valence-electron chi connectivity index (χ1n) is 8.01. The third-order valence-electron chi connectivity index (χ3n) is 3.79. The molecule has 1 amide bonds. The van der Waals surface area contributed by atoms with Crippen molar-refractivity contribution in [3.05, 3.63) is 0 Å². The smallest absolute Gasteiger partial charge is 0.235 e. The average molecular weight is 359 g/mol. The number of nitrogens with one attached hydrogen (secondary N) is 1. The Morgan fingerprint density at radius 2 is 2.13 bits per heavy atom. The van der Waals surface area contributed by atoms with E-state index < -0.39 is 0 Å². The van der Waals surface area contributed by atoms with Gasteiger partial charge in [-0.15, -0.1) is 10.2 Å². The second kappa shape index (κ2) is 8.84. The molecule has 0 saturated carbocycles. The number of hydrogen-bond donors (Lipinski definition) is 1. The van der Waals surface area contributed by atoms with Crippen LogP contribution in [0.25, 0.3) is 0 Å². The summed E-state index contributed by atoms with van der Waals surface area (Å²) in [5, 5.41) is 12.0. The lowest BCUT2D eigenvalue weighted by Crippen LogP contribution is -2.45. The van der Waals surface area contributed by atoms with E-state index in [0.29, 0.717) is 25.0 Å². The van der Waals surface area contributed by atoms with Crippen LogP contribution in [0.3, 0.4) is 0 Å². The molecule has 23 heavy (non-hydrogen) atoms. The highest BCUT2D eigenvalue weighted by molar-refractivity contribution is 8.02. The summed E-state index contributed by atoms with van der Waals surface area (Å²) in [6, 6.07) is 0. The van der Waals surface area contributed by atoms with Gasteiger partial charge in [0.1, 0.15) is 0 Å². The number of rotatable bonds is 7. The van der Waals surface area contributed by atoms with E-state index in [4.69, 9.17) is 4.74 Å². The normalized spacial score (nSPS) is 22.9. The number of carbonyl (C=O) groups excluding carboxylic acids is 1. The standard InChI is InChI=1S/C15H26N4O2S2/c1-10-7-11(2)9-19(8-10)13(20)12(3)22-15-18-17-14(23-15)16-5-6-21-4/h10-12H,5-9H2,1-4H3,(H,16,17). The van der Waals surface area contributed by atoms with E-state index in [2.05, 4.69) is 29.4 Å². The van der Waals surface area contributed by atoms with Crippen molar-refractivity contribution in [2.24, 2.45) is 11.8 Å². The Kier molecular flexibility index (Phi) is 7.10. The maximum atomic E-state index is 12.6. The number of nitrogens with zero attached hydrogens (tertiary/aromatic N) is 3. The van der Waals surface area contributed by atoms with Crippen LogP contribution in [0.2, 0.25) is 0 Å². The van der Waals surface area contributed by atoms with E-state index >= 15 is 0 Å². The van der Waals surface area contributed by atoms with Gasteiger partial charge >= 0.3 is 0 Å². The van der Waals surface area contributed by atoms with Crippen LogP contribution >= 0.6 is 23.1 Å². The lowest BCUT2D eigenvalue weighted by atomic mass is 9.92. The molecule has 8 heteroatoms. The summed E-state index contributed by atoms with van der Waals surface area (Å²) in [6.07, 6.45) is 1.21. The molecule has 6 nitrogen and oxygen atoms in total. The third-order valence-corrected chi connectivity index (χ3v) is 5.85. The lowest BCUT2D eigenvalue weighted by molar-refractivity contribution is -0.132. The zero-order valence-corrected chi connectivity index (χ0v) is 15.9. The molecule has 1 saturated heterocycles. The van der Waals surface area contributed by atoms with E-state index in [9.17, 15) is 4.79 Å². The zero-order chi connectivity index (χ0) is 16.8. The number of ether oxygens (including phenoxy) is 1. The topological polar surface area (TPSA) is 67.3 Å². The molecule has 2 heterocycles. The minimum atomic E-state index is -0.132. The highest BCUT2D eigenvalue weighted by atomic mass is 32.2. The van der Waals surface area contributed by atoms with Gasteiger partial charge in [-0.25, -0.2) is 0 Å². The Morgan fingerprint density at radius 3 is 2.78 bits per heavy atom. The predicted molar refractivity (Wildman–Crippen MR) is 95.1 cm³/mol. The second-order valence-corrected chi connectivity index (χ2v) is 8.81. The summed E-state index contributed by atoms with van der Waals surface area (Å²) < 4.78 is 5.81. The van der Waals surface area contributed by atoms with Crippen LogP contribution in [0, 0.1) is 11.8 Å². The Labute approximate surface area is 146 Å². The molecular formula is C15H26N4O2S2. The monoisotopic (exact) mass is 358 g/mol. The molecule has 1 aromatic rings. The summed E-state index contributed by atoms with van der Waals surface area (Å²) in [5.74, 6) is 1.37. The molecule has 0 bridgehead atoms. The number of carbonyl (C=O) groups is 1. The summed E-state index contributed by atoms with van der Waals surface area (Å²) >= 11 is 2.97. The number of piperidine rings is 1. The average Bonchev–Trinajstić information content (AvgIpc) is 2.93. The molecule has 0 aromatic carbocycles. The van der Waals surface area contributed by atoms with Gasteiger partial charge in [-0.1, -0.05) is 36.9 Å². The van der Waals surface area contributed by atoms with Crippen LogP contribution in [0.4, 0.5) is 5.13 Å². The SMILES string of the molecule is COCCNc1nnc(SC(C)C(=O)N2CC(C)CC(C)C2)s1. The Balaban J connectivity index is 1.85. The number of hydrogen-bond acceptors (Lipinski definition) is 7. The maximum absolute atomic E-state index is 12.6. The summed E-state index contributed by atoms with van der Waals surface area (Å²) in [5.41, 5.74) is 0. The number of amides is 1. The first-order valence-corrected chi connectivity index (χ1v) is 9.71. The molecule has 1 N–H and O–H groups in total. The van der Waals surface area contributed by atoms with Crippen molar-refractivity contribution >= 4 is 34.1 Å². The second-order valence-electron chi connectivity index (χ2n) is 6.24. The molecule has 1 aliphatic rings. The van der Waals surface area contributed by atoms with Gasteiger partial charge in [0.2, 0.25) is 11.0 Å². The van der Waals surface area contributed by atoms with Crippen molar-refractivity contribution in [3.63, 3.8) is 0 Å². The molecule has 0 spiro atoms. The number of thioether (sulfide) groups is 1. The van der Waals surface area contributed by atoms with Gasteiger partial charge in [0.25, 0.3) is 0 Å². The molecular weight excluding hydrogens is 332 g/mol. The van der Waals surface area contributed by atoms with Crippen molar-refractivity contribution in [2.45, 2.75) is 36.8 Å². The molecule has 0 radical (unpaired) electrons. The molecule has 130 valence electrons. The van der Waals surface area contributed by atoms with Crippen LogP contribution < -0.4 is 5.32 Å². The van der Waals surface area contributed by atoms with Gasteiger partial charge in [0, 0.05) is 26.7 Å². The van der Waals surface area contributed by atoms with Crippen molar-refractivity contribution in [1.29, 1.82) is 0 Å². The van der Waals surface area contributed by atoms with Crippen LogP contribution in [0.1, 0.15) is 27.2 Å².